The molecule has 1 aliphatic heterocycles. The normalized spacial score (nSPS) is 23.8. The number of nitrogens with zero attached hydrogens (tertiary/aromatic N) is 2. The van der Waals surface area contributed by atoms with E-state index >= 15 is 0 Å². The van der Waals surface area contributed by atoms with Gasteiger partial charge in [0.1, 0.15) is 0 Å². The van der Waals surface area contributed by atoms with Crippen molar-refractivity contribution in [1.29, 1.82) is 0 Å². The van der Waals surface area contributed by atoms with Crippen LogP contribution in [0.2, 0.25) is 0 Å². The maximum atomic E-state index is 12.6. The van der Waals surface area contributed by atoms with Gasteiger partial charge in [0.25, 0.3) is 10.2 Å². The minimum absolute atomic E-state index is 0.0511. The van der Waals surface area contributed by atoms with Gasteiger partial charge in [-0.1, -0.05) is 43.7 Å². The van der Waals surface area contributed by atoms with Gasteiger partial charge in [0, 0.05) is 32.7 Å². The standard InChI is InChI=1S/C15H25N3O2S/c1-3-7-14-11-18(12-15(14)16)21(19,20)17(2)10-13-8-5-4-6-9-13/h4-6,8-9,14-15H,3,7,10-12,16H2,1-2H3/t14-,15-/m1/s1. The molecule has 1 fully saturated rings. The van der Waals surface area contributed by atoms with Gasteiger partial charge < -0.3 is 5.73 Å². The molecule has 21 heavy (non-hydrogen) atoms. The van der Waals surface area contributed by atoms with Crippen LogP contribution in [0, 0.1) is 5.92 Å². The first-order valence-electron chi connectivity index (χ1n) is 7.46. The molecule has 2 rings (SSSR count). The summed E-state index contributed by atoms with van der Waals surface area (Å²) < 4.78 is 28.2. The Kier molecular flexibility index (Phi) is 5.37. The highest BCUT2D eigenvalue weighted by Gasteiger charge is 2.38. The lowest BCUT2D eigenvalue weighted by atomic mass is 9.99. The van der Waals surface area contributed by atoms with Gasteiger partial charge in [-0.25, -0.2) is 0 Å². The smallest absolute Gasteiger partial charge is 0.282 e. The summed E-state index contributed by atoms with van der Waals surface area (Å²) in [6.45, 7) is 3.45. The zero-order chi connectivity index (χ0) is 15.5. The lowest BCUT2D eigenvalue weighted by molar-refractivity contribution is 0.380. The van der Waals surface area contributed by atoms with E-state index in [0.717, 1.165) is 18.4 Å². The monoisotopic (exact) mass is 311 g/mol. The largest absolute Gasteiger partial charge is 0.326 e. The molecule has 0 radical (unpaired) electrons. The lowest BCUT2D eigenvalue weighted by Gasteiger charge is -2.24. The van der Waals surface area contributed by atoms with Crippen molar-refractivity contribution in [3.63, 3.8) is 0 Å². The Morgan fingerprint density at radius 1 is 1.29 bits per heavy atom. The van der Waals surface area contributed by atoms with Crippen molar-refractivity contribution in [3.05, 3.63) is 35.9 Å². The minimum Gasteiger partial charge on any atom is -0.326 e. The minimum atomic E-state index is -3.43. The van der Waals surface area contributed by atoms with E-state index in [1.165, 1.54) is 8.61 Å². The predicted molar refractivity (Wildman–Crippen MR) is 84.8 cm³/mol. The van der Waals surface area contributed by atoms with E-state index in [1.807, 2.05) is 30.3 Å². The maximum absolute atomic E-state index is 12.6. The Labute approximate surface area is 127 Å². The second-order valence-corrected chi connectivity index (χ2v) is 7.81. The Hall–Kier alpha value is -0.950. The van der Waals surface area contributed by atoms with Gasteiger partial charge in [0.05, 0.1) is 0 Å². The number of benzene rings is 1. The number of rotatable bonds is 6. The molecule has 0 saturated carbocycles. The third-order valence-electron chi connectivity index (χ3n) is 4.09. The predicted octanol–water partition coefficient (Wildman–Crippen LogP) is 1.42. The Balaban J connectivity index is 2.04. The molecule has 2 N–H and O–H groups in total. The van der Waals surface area contributed by atoms with Crippen molar-refractivity contribution in [2.75, 3.05) is 20.1 Å². The van der Waals surface area contributed by atoms with Crippen molar-refractivity contribution >= 4 is 10.2 Å². The average molecular weight is 311 g/mol. The van der Waals surface area contributed by atoms with E-state index in [0.29, 0.717) is 19.6 Å². The molecular weight excluding hydrogens is 286 g/mol. The summed E-state index contributed by atoms with van der Waals surface area (Å²) in [6.07, 6.45) is 2.02. The summed E-state index contributed by atoms with van der Waals surface area (Å²) in [7, 11) is -1.81. The highest BCUT2D eigenvalue weighted by molar-refractivity contribution is 7.86. The van der Waals surface area contributed by atoms with E-state index in [1.54, 1.807) is 7.05 Å². The number of nitrogens with two attached hydrogens (primary N) is 1. The number of hydrogen-bond acceptors (Lipinski definition) is 3. The molecule has 118 valence electrons. The number of hydrogen-bond donors (Lipinski definition) is 1. The molecule has 1 saturated heterocycles. The van der Waals surface area contributed by atoms with E-state index in [4.69, 9.17) is 5.73 Å². The van der Waals surface area contributed by atoms with Crippen molar-refractivity contribution < 1.29 is 8.42 Å². The molecule has 1 aromatic rings. The van der Waals surface area contributed by atoms with Crippen LogP contribution in [0.15, 0.2) is 30.3 Å². The first-order valence-corrected chi connectivity index (χ1v) is 8.85. The Morgan fingerprint density at radius 2 is 1.95 bits per heavy atom. The SMILES string of the molecule is CCC[C@@H]1CN(S(=O)(=O)N(C)Cc2ccccc2)C[C@H]1N. The van der Waals surface area contributed by atoms with Crippen LogP contribution in [0.1, 0.15) is 25.3 Å². The van der Waals surface area contributed by atoms with Crippen LogP contribution in [-0.2, 0) is 16.8 Å². The summed E-state index contributed by atoms with van der Waals surface area (Å²) in [5, 5.41) is 0. The van der Waals surface area contributed by atoms with Crippen LogP contribution in [-0.4, -0.2) is 43.2 Å². The third-order valence-corrected chi connectivity index (χ3v) is 5.95. The molecule has 6 heteroatoms. The van der Waals surface area contributed by atoms with E-state index in [2.05, 4.69) is 6.92 Å². The molecule has 0 amide bonds. The van der Waals surface area contributed by atoms with E-state index in [9.17, 15) is 8.42 Å². The van der Waals surface area contributed by atoms with Crippen molar-refractivity contribution in [2.45, 2.75) is 32.4 Å². The van der Waals surface area contributed by atoms with Crippen LogP contribution in [0.4, 0.5) is 0 Å². The van der Waals surface area contributed by atoms with Crippen molar-refractivity contribution in [1.82, 2.24) is 8.61 Å². The first kappa shape index (κ1) is 16.4. The fourth-order valence-corrected chi connectivity index (χ4v) is 4.29. The van der Waals surface area contributed by atoms with Crippen LogP contribution in [0.5, 0.6) is 0 Å². The molecule has 0 aromatic heterocycles. The van der Waals surface area contributed by atoms with Crippen LogP contribution >= 0.6 is 0 Å². The van der Waals surface area contributed by atoms with Gasteiger partial charge >= 0.3 is 0 Å². The quantitative estimate of drug-likeness (QED) is 0.864. The third kappa shape index (κ3) is 3.83. The summed E-state index contributed by atoms with van der Waals surface area (Å²) >= 11 is 0. The molecule has 1 heterocycles. The second kappa shape index (κ2) is 6.87. The molecule has 1 aromatic carbocycles. The molecule has 2 atom stereocenters. The zero-order valence-corrected chi connectivity index (χ0v) is 13.6. The molecule has 5 nitrogen and oxygen atoms in total. The summed E-state index contributed by atoms with van der Waals surface area (Å²) in [4.78, 5) is 0. The summed E-state index contributed by atoms with van der Waals surface area (Å²) in [5.74, 6) is 0.273. The van der Waals surface area contributed by atoms with E-state index in [-0.39, 0.29) is 12.0 Å². The van der Waals surface area contributed by atoms with Gasteiger partial charge in [0.2, 0.25) is 0 Å². The maximum Gasteiger partial charge on any atom is 0.282 e. The van der Waals surface area contributed by atoms with Gasteiger partial charge in [-0.05, 0) is 17.9 Å². The van der Waals surface area contributed by atoms with Gasteiger partial charge in [-0.3, -0.25) is 0 Å². The first-order chi connectivity index (χ1) is 9.95. The Morgan fingerprint density at radius 3 is 2.57 bits per heavy atom. The molecule has 0 spiro atoms. The van der Waals surface area contributed by atoms with Crippen molar-refractivity contribution in [2.24, 2.45) is 11.7 Å². The average Bonchev–Trinajstić information content (AvgIpc) is 2.82. The van der Waals surface area contributed by atoms with Gasteiger partial charge in [-0.2, -0.15) is 17.0 Å². The fourth-order valence-electron chi connectivity index (χ4n) is 2.84. The van der Waals surface area contributed by atoms with Crippen LogP contribution in [0.25, 0.3) is 0 Å². The van der Waals surface area contributed by atoms with E-state index < -0.39 is 10.2 Å². The second-order valence-electron chi connectivity index (χ2n) is 5.78. The molecule has 0 unspecified atom stereocenters. The highest BCUT2D eigenvalue weighted by atomic mass is 32.2. The molecule has 1 aliphatic rings. The van der Waals surface area contributed by atoms with Gasteiger partial charge in [0.15, 0.2) is 0 Å². The highest BCUT2D eigenvalue weighted by Crippen LogP contribution is 2.24. The lowest BCUT2D eigenvalue weighted by Crippen LogP contribution is -2.41. The van der Waals surface area contributed by atoms with Crippen molar-refractivity contribution in [3.8, 4) is 0 Å². The van der Waals surface area contributed by atoms with Gasteiger partial charge in [-0.15, -0.1) is 0 Å². The molecule has 0 bridgehead atoms. The van der Waals surface area contributed by atoms with Crippen LogP contribution < -0.4 is 5.73 Å². The zero-order valence-electron chi connectivity index (χ0n) is 12.8. The summed E-state index contributed by atoms with van der Waals surface area (Å²) in [6, 6.07) is 9.57. The Bertz CT molecular complexity index is 547. The summed E-state index contributed by atoms with van der Waals surface area (Å²) in [5.41, 5.74) is 7.06. The molecular formula is C15H25N3O2S. The molecule has 0 aliphatic carbocycles. The van der Waals surface area contributed by atoms with Crippen LogP contribution in [0.3, 0.4) is 0 Å². The topological polar surface area (TPSA) is 66.6 Å². The fraction of sp³-hybridized carbons (Fsp3) is 0.600.